The van der Waals surface area contributed by atoms with Crippen molar-refractivity contribution in [1.82, 2.24) is 10.2 Å². The van der Waals surface area contributed by atoms with E-state index in [0.717, 1.165) is 60.9 Å². The average Bonchev–Trinajstić information content (AvgIpc) is 2.67. The predicted octanol–water partition coefficient (Wildman–Crippen LogP) is 4.10. The smallest absolute Gasteiger partial charge is 0.160 e. The molecule has 0 saturated heterocycles. The highest BCUT2D eigenvalue weighted by Crippen LogP contribution is 2.27. The van der Waals surface area contributed by atoms with Gasteiger partial charge in [-0.3, -0.25) is 4.90 Å². The Bertz CT molecular complexity index is 649. The summed E-state index contributed by atoms with van der Waals surface area (Å²) in [4.78, 5) is 2.47. The van der Waals surface area contributed by atoms with Crippen molar-refractivity contribution in [1.29, 1.82) is 0 Å². The summed E-state index contributed by atoms with van der Waals surface area (Å²) >= 11 is 0. The molecule has 1 heterocycles. The van der Waals surface area contributed by atoms with E-state index in [0.29, 0.717) is 6.61 Å². The maximum absolute atomic E-state index is 6.07. The maximum atomic E-state index is 6.07. The summed E-state index contributed by atoms with van der Waals surface area (Å²) in [5, 5.41) is 3.55. The highest BCUT2D eigenvalue weighted by Gasteiger charge is 2.19. The molecule has 1 aliphatic rings. The molecule has 1 unspecified atom stereocenters. The van der Waals surface area contributed by atoms with E-state index in [1.54, 1.807) is 14.2 Å². The quantitative estimate of drug-likeness (QED) is 0.632. The molecule has 0 aromatic heterocycles. The number of ether oxygens (including phenoxy) is 3. The molecule has 5 nitrogen and oxygen atoms in total. The molecule has 0 saturated carbocycles. The zero-order valence-corrected chi connectivity index (χ0v) is 17.4. The molecule has 1 aromatic carbocycles. The Labute approximate surface area is 164 Å². The molecular weight excluding hydrogens is 340 g/mol. The van der Waals surface area contributed by atoms with Crippen LogP contribution in [0.4, 0.5) is 0 Å². The lowest BCUT2D eigenvalue weighted by molar-refractivity contribution is 0.185. The number of nitrogens with one attached hydrogen (secondary N) is 1. The minimum absolute atomic E-state index is 0.200. The molecule has 2 rings (SSSR count). The van der Waals surface area contributed by atoms with Crippen LogP contribution in [0.2, 0.25) is 0 Å². The van der Waals surface area contributed by atoms with E-state index in [4.69, 9.17) is 14.2 Å². The van der Waals surface area contributed by atoms with Crippen molar-refractivity contribution in [3.05, 3.63) is 47.4 Å². The van der Waals surface area contributed by atoms with Crippen molar-refractivity contribution in [2.45, 2.75) is 46.2 Å². The average molecular weight is 375 g/mol. The summed E-state index contributed by atoms with van der Waals surface area (Å²) in [7, 11) is 3.31. The van der Waals surface area contributed by atoms with Gasteiger partial charge in [0.15, 0.2) is 11.5 Å². The lowest BCUT2D eigenvalue weighted by atomic mass is 10.1. The van der Waals surface area contributed by atoms with E-state index in [1.165, 1.54) is 0 Å². The zero-order chi connectivity index (χ0) is 19.6. The number of allylic oxidation sites excluding steroid dienone is 2. The molecule has 0 spiro atoms. The molecular formula is C22H34N2O3. The van der Waals surface area contributed by atoms with E-state index in [9.17, 15) is 0 Å². The van der Waals surface area contributed by atoms with Gasteiger partial charge in [-0.15, -0.1) is 0 Å². The van der Waals surface area contributed by atoms with Crippen molar-refractivity contribution in [3.63, 3.8) is 0 Å². The molecule has 0 amide bonds. The van der Waals surface area contributed by atoms with Gasteiger partial charge >= 0.3 is 0 Å². The van der Waals surface area contributed by atoms with Gasteiger partial charge in [0.05, 0.1) is 20.8 Å². The largest absolute Gasteiger partial charge is 0.493 e. The van der Waals surface area contributed by atoms with E-state index in [2.05, 4.69) is 49.2 Å². The van der Waals surface area contributed by atoms with Crippen molar-refractivity contribution in [2.24, 2.45) is 0 Å². The van der Waals surface area contributed by atoms with Crippen molar-refractivity contribution in [2.75, 3.05) is 33.9 Å². The number of benzene rings is 1. The molecule has 5 heteroatoms. The van der Waals surface area contributed by atoms with Gasteiger partial charge in [-0.1, -0.05) is 19.9 Å². The predicted molar refractivity (Wildman–Crippen MR) is 110 cm³/mol. The Hall–Kier alpha value is -2.14. The van der Waals surface area contributed by atoms with Crippen LogP contribution < -0.4 is 14.8 Å². The minimum Gasteiger partial charge on any atom is -0.493 e. The van der Waals surface area contributed by atoms with Crippen LogP contribution in [-0.4, -0.2) is 45.0 Å². The van der Waals surface area contributed by atoms with Gasteiger partial charge in [0.2, 0.25) is 0 Å². The summed E-state index contributed by atoms with van der Waals surface area (Å²) in [5.41, 5.74) is 2.30. The molecule has 1 N–H and O–H groups in total. The van der Waals surface area contributed by atoms with E-state index in [1.807, 2.05) is 12.1 Å². The number of hydrogen-bond donors (Lipinski definition) is 1. The third-order valence-electron chi connectivity index (χ3n) is 4.58. The number of rotatable bonds is 11. The Morgan fingerprint density at radius 3 is 2.37 bits per heavy atom. The highest BCUT2D eigenvalue weighted by molar-refractivity contribution is 5.42. The molecule has 0 aliphatic carbocycles. The SMILES string of the molecule is CCCN(CCC)C1C=C(OCCc2ccc(OC)c(OC)c2)C=C(C)N1. The number of dihydropyridines is 1. The molecule has 1 aliphatic heterocycles. The lowest BCUT2D eigenvalue weighted by Gasteiger charge is -2.33. The summed E-state index contributed by atoms with van der Waals surface area (Å²) < 4.78 is 16.7. The maximum Gasteiger partial charge on any atom is 0.160 e. The van der Waals surface area contributed by atoms with Gasteiger partial charge in [-0.25, -0.2) is 0 Å². The van der Waals surface area contributed by atoms with Crippen molar-refractivity contribution < 1.29 is 14.2 Å². The van der Waals surface area contributed by atoms with Gasteiger partial charge in [-0.2, -0.15) is 0 Å². The first-order valence-corrected chi connectivity index (χ1v) is 9.85. The van der Waals surface area contributed by atoms with E-state index in [-0.39, 0.29) is 6.17 Å². The Morgan fingerprint density at radius 2 is 1.74 bits per heavy atom. The van der Waals surface area contributed by atoms with Crippen LogP contribution in [0.5, 0.6) is 11.5 Å². The second-order valence-corrected chi connectivity index (χ2v) is 6.81. The van der Waals surface area contributed by atoms with E-state index >= 15 is 0 Å². The fraction of sp³-hybridized carbons (Fsp3) is 0.545. The van der Waals surface area contributed by atoms with E-state index < -0.39 is 0 Å². The molecule has 0 fully saturated rings. The van der Waals surface area contributed by atoms with Crippen LogP contribution in [0.25, 0.3) is 0 Å². The number of nitrogens with zero attached hydrogens (tertiary/aromatic N) is 1. The summed E-state index contributed by atoms with van der Waals surface area (Å²) in [5.74, 6) is 2.44. The van der Waals surface area contributed by atoms with Gasteiger partial charge in [0.25, 0.3) is 0 Å². The van der Waals surface area contributed by atoms with Gasteiger partial charge in [-0.05, 0) is 49.6 Å². The molecule has 1 atom stereocenters. The Balaban J connectivity index is 1.97. The molecule has 150 valence electrons. The molecule has 1 aromatic rings. The molecule has 0 radical (unpaired) electrons. The highest BCUT2D eigenvalue weighted by atomic mass is 16.5. The summed E-state index contributed by atoms with van der Waals surface area (Å²) in [6.07, 6.45) is 7.56. The minimum atomic E-state index is 0.200. The van der Waals surface area contributed by atoms with Crippen LogP contribution >= 0.6 is 0 Å². The van der Waals surface area contributed by atoms with Crippen LogP contribution in [0, 0.1) is 0 Å². The third kappa shape index (κ3) is 6.21. The molecule has 0 bridgehead atoms. The fourth-order valence-corrected chi connectivity index (χ4v) is 3.31. The fourth-order valence-electron chi connectivity index (χ4n) is 3.31. The summed E-state index contributed by atoms with van der Waals surface area (Å²) in [6, 6.07) is 5.99. The first kappa shape index (κ1) is 21.2. The summed E-state index contributed by atoms with van der Waals surface area (Å²) in [6.45, 7) is 9.31. The molecule has 27 heavy (non-hydrogen) atoms. The third-order valence-corrected chi connectivity index (χ3v) is 4.58. The Kier molecular flexibility index (Phi) is 8.52. The first-order valence-electron chi connectivity index (χ1n) is 9.85. The van der Waals surface area contributed by atoms with Crippen LogP contribution in [0.15, 0.2) is 41.8 Å². The van der Waals surface area contributed by atoms with Crippen LogP contribution in [0.3, 0.4) is 0 Å². The van der Waals surface area contributed by atoms with Gasteiger partial charge in [0.1, 0.15) is 11.9 Å². The normalized spacial score (nSPS) is 16.4. The standard InChI is InChI=1S/C22H34N2O3/c1-6-11-24(12-7-2)22-16-19(14-17(3)23-22)27-13-10-18-8-9-20(25-4)21(15-18)26-5/h8-9,14-16,22-23H,6-7,10-13H2,1-5H3. The van der Waals surface area contributed by atoms with Gasteiger partial charge < -0.3 is 19.5 Å². The van der Waals surface area contributed by atoms with Crippen molar-refractivity contribution in [3.8, 4) is 11.5 Å². The van der Waals surface area contributed by atoms with Crippen LogP contribution in [-0.2, 0) is 11.2 Å². The Morgan fingerprint density at radius 1 is 1.04 bits per heavy atom. The number of methoxy groups -OCH3 is 2. The lowest BCUT2D eigenvalue weighted by Crippen LogP contribution is -2.46. The topological polar surface area (TPSA) is 43.0 Å². The number of hydrogen-bond acceptors (Lipinski definition) is 5. The second kappa shape index (κ2) is 10.9. The second-order valence-electron chi connectivity index (χ2n) is 6.81. The zero-order valence-electron chi connectivity index (χ0n) is 17.4. The van der Waals surface area contributed by atoms with Crippen LogP contribution in [0.1, 0.15) is 39.2 Å². The first-order chi connectivity index (χ1) is 13.1. The van der Waals surface area contributed by atoms with Gasteiger partial charge in [0, 0.05) is 25.2 Å². The van der Waals surface area contributed by atoms with Crippen molar-refractivity contribution >= 4 is 0 Å². The monoisotopic (exact) mass is 374 g/mol.